The van der Waals surface area contributed by atoms with Crippen LogP contribution in [0.15, 0.2) is 35.5 Å². The van der Waals surface area contributed by atoms with E-state index in [-0.39, 0.29) is 46.5 Å². The van der Waals surface area contributed by atoms with Crippen LogP contribution in [0.3, 0.4) is 0 Å². The van der Waals surface area contributed by atoms with Gasteiger partial charge in [-0.25, -0.2) is 4.98 Å². The predicted molar refractivity (Wildman–Crippen MR) is 260 cm³/mol. The molecule has 4 aliphatic carbocycles. The molecule has 12 nitrogen and oxygen atoms in total. The van der Waals surface area contributed by atoms with Crippen molar-refractivity contribution >= 4 is 51.3 Å². The summed E-state index contributed by atoms with van der Waals surface area (Å²) in [5, 5.41) is 28.0. The molecule has 6 bridgehead atoms. The number of nitrogens with two attached hydrogens (primary N) is 2. The zero-order valence-electron chi connectivity index (χ0n) is 38.4. The summed E-state index contributed by atoms with van der Waals surface area (Å²) < 4.78 is 12.6. The maximum absolute atomic E-state index is 14.3. The van der Waals surface area contributed by atoms with Gasteiger partial charge in [-0.3, -0.25) is 14.6 Å². The van der Waals surface area contributed by atoms with Gasteiger partial charge >= 0.3 is 5.97 Å². The number of hydrogen-bond acceptors (Lipinski definition) is 13. The van der Waals surface area contributed by atoms with Crippen molar-refractivity contribution in [2.75, 3.05) is 18.8 Å². The van der Waals surface area contributed by atoms with Crippen LogP contribution in [0.4, 0.5) is 5.82 Å². The van der Waals surface area contributed by atoms with Crippen molar-refractivity contribution in [3.05, 3.63) is 52.7 Å². The quantitative estimate of drug-likeness (QED) is 0.146. The van der Waals surface area contributed by atoms with E-state index >= 15 is 0 Å². The maximum atomic E-state index is 14.3. The second kappa shape index (κ2) is 19.9. The summed E-state index contributed by atoms with van der Waals surface area (Å²) in [5.74, 6) is 1.98. The van der Waals surface area contributed by atoms with Crippen LogP contribution in [-0.2, 0) is 33.7 Å². The SMILES string of the molecule is CC(=O)O[C@@H]1CCc2cc(c(O)c3c2C=C[C@H]2CCC[C@@H]2O3)CN2C[C@](Cc3ccnc(N)c3)(CCN=C(N)N[C@]3(CCCC34CCCC4)SSC3CCC(CC3)CC[C@H](O)C1)CC2=O. The summed E-state index contributed by atoms with van der Waals surface area (Å²) in [4.78, 5) is 37.8. The molecule has 8 aliphatic rings. The van der Waals surface area contributed by atoms with E-state index in [4.69, 9.17) is 25.9 Å². The van der Waals surface area contributed by atoms with Crippen molar-refractivity contribution in [1.29, 1.82) is 0 Å². The number of pyridine rings is 1. The molecule has 6 atom stereocenters. The van der Waals surface area contributed by atoms with E-state index in [2.05, 4.69) is 33.2 Å². The number of benzene rings is 1. The van der Waals surface area contributed by atoms with E-state index in [9.17, 15) is 19.8 Å². The molecular formula is C51H72N6O6S2. The fourth-order valence-corrected chi connectivity index (χ4v) is 17.0. The monoisotopic (exact) mass is 928 g/mol. The summed E-state index contributed by atoms with van der Waals surface area (Å²) in [7, 11) is 4.10. The van der Waals surface area contributed by atoms with Crippen LogP contribution < -0.4 is 21.5 Å². The Morgan fingerprint density at radius 2 is 1.78 bits per heavy atom. The third-order valence-corrected chi connectivity index (χ3v) is 20.2. The lowest BCUT2D eigenvalue weighted by atomic mass is 9.78. The first kappa shape index (κ1) is 46.5. The first-order valence-corrected chi connectivity index (χ1v) is 27.1. The number of anilines is 1. The third-order valence-electron chi connectivity index (χ3n) is 16.4. The Balaban J connectivity index is 1.04. The number of aryl methyl sites for hydroxylation is 1. The molecular weight excluding hydrogens is 857 g/mol. The van der Waals surface area contributed by atoms with Crippen molar-refractivity contribution in [1.82, 2.24) is 15.2 Å². The number of amides is 1. The molecule has 2 spiro atoms. The van der Waals surface area contributed by atoms with E-state index < -0.39 is 17.6 Å². The smallest absolute Gasteiger partial charge is 0.302 e. The number of carbonyl (C=O) groups excluding carboxylic acids is 2. The van der Waals surface area contributed by atoms with Gasteiger partial charge in [-0.1, -0.05) is 46.6 Å². The van der Waals surface area contributed by atoms with E-state index in [1.54, 1.807) is 6.20 Å². The van der Waals surface area contributed by atoms with Crippen LogP contribution >= 0.6 is 21.6 Å². The van der Waals surface area contributed by atoms with E-state index in [1.807, 2.05) is 33.9 Å². The molecule has 0 radical (unpaired) electrons. The van der Waals surface area contributed by atoms with Crippen molar-refractivity contribution in [3.63, 3.8) is 0 Å². The number of hydrogen-bond donors (Lipinski definition) is 5. The van der Waals surface area contributed by atoms with Gasteiger partial charge in [0.05, 0.1) is 6.10 Å². The number of nitrogen functional groups attached to an aromatic ring is 1. The number of nitrogens with zero attached hydrogens (tertiary/aromatic N) is 3. The number of aliphatic imine (C=N–C) groups is 1. The minimum atomic E-state index is -0.580. The van der Waals surface area contributed by atoms with Crippen LogP contribution in [0.1, 0.15) is 158 Å². The Morgan fingerprint density at radius 3 is 2.58 bits per heavy atom. The minimum Gasteiger partial charge on any atom is -0.504 e. The lowest BCUT2D eigenvalue weighted by Crippen LogP contribution is -2.55. The summed E-state index contributed by atoms with van der Waals surface area (Å²) in [6.45, 7) is 2.60. The number of aromatic hydroxyl groups is 1. The first-order valence-electron chi connectivity index (χ1n) is 24.9. The molecule has 5 fully saturated rings. The zero-order chi connectivity index (χ0) is 45.2. The number of rotatable bonds is 3. The molecule has 4 aliphatic heterocycles. The molecule has 14 heteroatoms. The van der Waals surface area contributed by atoms with Gasteiger partial charge in [0.25, 0.3) is 0 Å². The average Bonchev–Trinajstić information content (AvgIpc) is 4.05. The predicted octanol–water partition coefficient (Wildman–Crippen LogP) is 8.99. The maximum Gasteiger partial charge on any atom is 0.302 e. The zero-order valence-corrected chi connectivity index (χ0v) is 40.1. The number of nitrogens with one attached hydrogen (secondary N) is 1. The highest BCUT2D eigenvalue weighted by Crippen LogP contribution is 2.64. The highest BCUT2D eigenvalue weighted by Gasteiger charge is 2.57. The number of aromatic nitrogens is 1. The Bertz CT molecular complexity index is 2100. The van der Waals surface area contributed by atoms with Crippen molar-refractivity contribution < 1.29 is 29.3 Å². The second-order valence-corrected chi connectivity index (χ2v) is 23.8. The van der Waals surface area contributed by atoms with Gasteiger partial charge in [0.1, 0.15) is 22.9 Å². The van der Waals surface area contributed by atoms with Crippen molar-refractivity contribution in [3.8, 4) is 11.5 Å². The fourth-order valence-electron chi connectivity index (χ4n) is 13.0. The lowest BCUT2D eigenvalue weighted by molar-refractivity contribution is -0.148. The molecule has 10 rings (SSSR count). The number of phenolic OH excluding ortho intramolecular Hbond substituents is 1. The second-order valence-electron chi connectivity index (χ2n) is 21.0. The Kier molecular flexibility index (Phi) is 14.2. The number of phenols is 1. The van der Waals surface area contributed by atoms with Gasteiger partial charge in [-0.05, 0) is 151 Å². The van der Waals surface area contributed by atoms with Gasteiger partial charge in [0.2, 0.25) is 5.91 Å². The van der Waals surface area contributed by atoms with Crippen molar-refractivity contribution in [2.45, 2.75) is 183 Å². The molecule has 65 heavy (non-hydrogen) atoms. The molecule has 354 valence electrons. The first-order chi connectivity index (χ1) is 31.4. The number of aliphatic hydroxyl groups is 1. The summed E-state index contributed by atoms with van der Waals surface area (Å²) in [6, 6.07) is 5.90. The van der Waals surface area contributed by atoms with Crippen LogP contribution in [0.2, 0.25) is 0 Å². The normalized spacial score (nSPS) is 33.2. The number of aliphatic hydroxyl groups excluding tert-OH is 1. The van der Waals surface area contributed by atoms with Gasteiger partial charge < -0.3 is 41.4 Å². The van der Waals surface area contributed by atoms with Gasteiger partial charge in [-0.15, -0.1) is 0 Å². The van der Waals surface area contributed by atoms with E-state index in [0.717, 1.165) is 61.6 Å². The standard InChI is InChI=1S/C51H72N6O6S2/c1-33(58)62-40-14-11-37-27-38(46(61)47-42(37)17-12-36-6-4-7-43(36)63-47)31-57-32-49(30-45(57)60,29-35-18-24-54-44(52)26-35)23-25-55-48(53)56-51(22-5-21-50(51)19-2-3-20-50)65-64-41-15-9-34(10-16-41)8-13-39(59)28-40/h12,17-18,24,26-27,34,36,39-41,43,59,61H,2-11,13-16,19-23,25,28-32H2,1H3,(H2,52,54)(H3,53,55,56)/t34?,36-,39+,40-,41?,43+,49+,51-/m1/s1. The van der Waals surface area contributed by atoms with Crippen LogP contribution in [0.25, 0.3) is 6.08 Å². The molecule has 1 aromatic heterocycles. The van der Waals surface area contributed by atoms with Gasteiger partial charge in [-0.2, -0.15) is 0 Å². The largest absolute Gasteiger partial charge is 0.504 e. The molecule has 4 saturated carbocycles. The molecule has 7 N–H and O–H groups in total. The Labute approximate surface area is 393 Å². The van der Waals surface area contributed by atoms with Gasteiger partial charge in [0, 0.05) is 78.7 Å². The van der Waals surface area contributed by atoms with Crippen LogP contribution in [0, 0.1) is 22.7 Å². The molecule has 1 amide bonds. The summed E-state index contributed by atoms with van der Waals surface area (Å²) in [6.07, 6.45) is 25.7. The summed E-state index contributed by atoms with van der Waals surface area (Å²) in [5.41, 5.74) is 16.3. The lowest BCUT2D eigenvalue weighted by Gasteiger charge is -2.45. The van der Waals surface area contributed by atoms with Crippen LogP contribution in [-0.4, -0.2) is 79.5 Å². The number of esters is 1. The number of carbonyl (C=O) groups is 2. The highest BCUT2D eigenvalue weighted by molar-refractivity contribution is 8.77. The molecule has 5 heterocycles. The topological polar surface area (TPSA) is 186 Å². The Morgan fingerprint density at radius 1 is 0.985 bits per heavy atom. The Hall–Kier alpha value is -3.62. The van der Waals surface area contributed by atoms with Crippen molar-refractivity contribution in [2.24, 2.45) is 33.4 Å². The van der Waals surface area contributed by atoms with E-state index in [1.165, 1.54) is 58.3 Å². The molecule has 0 unspecified atom stereocenters. The van der Waals surface area contributed by atoms with E-state index in [0.29, 0.717) is 92.3 Å². The summed E-state index contributed by atoms with van der Waals surface area (Å²) >= 11 is 0. The number of fused-ring (bicyclic) bond motifs is 14. The minimum absolute atomic E-state index is 0.0200. The van der Waals surface area contributed by atoms with Crippen LogP contribution in [0.5, 0.6) is 11.5 Å². The number of ether oxygens (including phenoxy) is 2. The average molecular weight is 929 g/mol. The fraction of sp³-hybridized carbons (Fsp3) is 0.686. The molecule has 1 aromatic carbocycles. The molecule has 2 aromatic rings. The van der Waals surface area contributed by atoms with Gasteiger partial charge in [0.15, 0.2) is 17.5 Å². The third kappa shape index (κ3) is 10.4. The molecule has 1 saturated heterocycles. The highest BCUT2D eigenvalue weighted by atomic mass is 33.1. The number of guanidine groups is 1.